The van der Waals surface area contributed by atoms with E-state index in [0.717, 1.165) is 19.0 Å². The molecule has 0 unspecified atom stereocenters. The number of thiophene rings is 1. The van der Waals surface area contributed by atoms with Gasteiger partial charge in [0.15, 0.2) is 0 Å². The van der Waals surface area contributed by atoms with E-state index in [1.807, 2.05) is 0 Å². The summed E-state index contributed by atoms with van der Waals surface area (Å²) in [4.78, 5) is 1.38. The first-order chi connectivity index (χ1) is 7.74. The Morgan fingerprint density at radius 2 is 2.12 bits per heavy atom. The predicted molar refractivity (Wildman–Crippen MR) is 75.3 cm³/mol. The second-order valence-electron chi connectivity index (χ2n) is 4.65. The molecule has 2 rings (SSSR count). The van der Waals surface area contributed by atoms with Crippen molar-refractivity contribution < 1.29 is 0 Å². The van der Waals surface area contributed by atoms with E-state index in [-0.39, 0.29) is 0 Å². The lowest BCUT2D eigenvalue weighted by Gasteiger charge is -2.26. The van der Waals surface area contributed by atoms with Crippen LogP contribution in [0.5, 0.6) is 0 Å². The summed E-state index contributed by atoms with van der Waals surface area (Å²) in [5, 5.41) is 3.55. The fourth-order valence-electron chi connectivity index (χ4n) is 2.38. The first-order valence-corrected chi connectivity index (χ1v) is 7.89. The summed E-state index contributed by atoms with van der Waals surface area (Å²) < 4.78 is 1.21. The summed E-state index contributed by atoms with van der Waals surface area (Å²) in [6.07, 6.45) is 5.27. The van der Waals surface area contributed by atoms with Crippen LogP contribution in [0.2, 0.25) is 0 Å². The third-order valence-electron chi connectivity index (χ3n) is 3.38. The van der Waals surface area contributed by atoms with Gasteiger partial charge in [-0.1, -0.05) is 12.8 Å². The van der Waals surface area contributed by atoms with Crippen LogP contribution in [0.1, 0.15) is 30.6 Å². The standard InChI is InChI=1S/C12H17BrClNS/c13-11-4-3-10(16-11)7-15-9-12(8-14)5-1-2-6-12/h3-4,15H,1-2,5-9H2. The van der Waals surface area contributed by atoms with E-state index in [0.29, 0.717) is 5.41 Å². The molecule has 0 saturated heterocycles. The molecule has 1 aliphatic carbocycles. The van der Waals surface area contributed by atoms with Gasteiger partial charge in [-0.05, 0) is 46.3 Å². The van der Waals surface area contributed by atoms with Crippen LogP contribution in [-0.4, -0.2) is 12.4 Å². The van der Waals surface area contributed by atoms with Gasteiger partial charge >= 0.3 is 0 Å². The van der Waals surface area contributed by atoms with Crippen molar-refractivity contribution in [3.05, 3.63) is 20.8 Å². The van der Waals surface area contributed by atoms with Crippen molar-refractivity contribution in [3.8, 4) is 0 Å². The zero-order chi connectivity index (χ0) is 11.4. The van der Waals surface area contributed by atoms with E-state index in [1.165, 1.54) is 34.3 Å². The molecule has 0 aromatic carbocycles. The van der Waals surface area contributed by atoms with Gasteiger partial charge in [0.2, 0.25) is 0 Å². The molecule has 0 atom stereocenters. The molecular formula is C12H17BrClNS. The van der Waals surface area contributed by atoms with E-state index in [2.05, 4.69) is 33.4 Å². The summed E-state index contributed by atoms with van der Waals surface area (Å²) in [6, 6.07) is 4.28. The van der Waals surface area contributed by atoms with Crippen LogP contribution in [-0.2, 0) is 6.54 Å². The zero-order valence-corrected chi connectivity index (χ0v) is 12.4. The summed E-state index contributed by atoms with van der Waals surface area (Å²) in [7, 11) is 0. The minimum absolute atomic E-state index is 0.371. The molecule has 1 nitrogen and oxygen atoms in total. The Morgan fingerprint density at radius 1 is 1.38 bits per heavy atom. The van der Waals surface area contributed by atoms with Gasteiger partial charge in [-0.25, -0.2) is 0 Å². The van der Waals surface area contributed by atoms with Crippen LogP contribution in [0.25, 0.3) is 0 Å². The zero-order valence-electron chi connectivity index (χ0n) is 9.27. The lowest BCUT2D eigenvalue weighted by Crippen LogP contribution is -2.33. The van der Waals surface area contributed by atoms with Gasteiger partial charge in [0.05, 0.1) is 3.79 Å². The Kier molecular flexibility index (Phi) is 4.71. The van der Waals surface area contributed by atoms with Gasteiger partial charge in [-0.15, -0.1) is 22.9 Å². The largest absolute Gasteiger partial charge is 0.311 e. The molecule has 4 heteroatoms. The number of alkyl halides is 1. The topological polar surface area (TPSA) is 12.0 Å². The number of hydrogen-bond donors (Lipinski definition) is 1. The van der Waals surface area contributed by atoms with E-state index in [1.54, 1.807) is 11.3 Å². The molecule has 1 aliphatic rings. The highest BCUT2D eigenvalue weighted by atomic mass is 79.9. The molecular weight excluding hydrogens is 306 g/mol. The maximum Gasteiger partial charge on any atom is 0.0701 e. The Bertz CT molecular complexity index is 334. The second-order valence-corrected chi connectivity index (χ2v) is 7.46. The van der Waals surface area contributed by atoms with Crippen LogP contribution in [0.4, 0.5) is 0 Å². The molecule has 0 amide bonds. The lowest BCUT2D eigenvalue weighted by molar-refractivity contribution is 0.321. The van der Waals surface area contributed by atoms with Crippen molar-refractivity contribution in [3.63, 3.8) is 0 Å². The van der Waals surface area contributed by atoms with E-state index in [4.69, 9.17) is 11.6 Å². The molecule has 1 N–H and O–H groups in total. The van der Waals surface area contributed by atoms with Crippen LogP contribution < -0.4 is 5.32 Å². The van der Waals surface area contributed by atoms with Gasteiger partial charge in [0, 0.05) is 23.8 Å². The third kappa shape index (κ3) is 3.22. The van der Waals surface area contributed by atoms with Crippen molar-refractivity contribution in [2.24, 2.45) is 5.41 Å². The monoisotopic (exact) mass is 321 g/mol. The smallest absolute Gasteiger partial charge is 0.0701 e. The normalized spacial score (nSPS) is 19.1. The van der Waals surface area contributed by atoms with Gasteiger partial charge in [0.25, 0.3) is 0 Å². The van der Waals surface area contributed by atoms with Gasteiger partial charge in [0.1, 0.15) is 0 Å². The molecule has 1 aromatic rings. The molecule has 0 spiro atoms. The van der Waals surface area contributed by atoms with Crippen LogP contribution in [0.3, 0.4) is 0 Å². The molecule has 0 bridgehead atoms. The van der Waals surface area contributed by atoms with Crippen molar-refractivity contribution in [1.82, 2.24) is 5.32 Å². The quantitative estimate of drug-likeness (QED) is 0.792. The number of nitrogens with one attached hydrogen (secondary N) is 1. The van der Waals surface area contributed by atoms with Gasteiger partial charge in [-0.2, -0.15) is 0 Å². The van der Waals surface area contributed by atoms with Crippen LogP contribution in [0.15, 0.2) is 15.9 Å². The van der Waals surface area contributed by atoms with Crippen molar-refractivity contribution in [1.29, 1.82) is 0 Å². The second kappa shape index (κ2) is 5.85. The van der Waals surface area contributed by atoms with Gasteiger partial charge < -0.3 is 5.32 Å². The van der Waals surface area contributed by atoms with Crippen molar-refractivity contribution in [2.45, 2.75) is 32.2 Å². The Labute approximate surface area is 115 Å². The number of halogens is 2. The van der Waals surface area contributed by atoms with E-state index >= 15 is 0 Å². The number of hydrogen-bond acceptors (Lipinski definition) is 2. The Hall–Kier alpha value is 0.430. The summed E-state index contributed by atoms with van der Waals surface area (Å²) in [5.41, 5.74) is 0.371. The molecule has 0 radical (unpaired) electrons. The number of rotatable bonds is 5. The average Bonchev–Trinajstić information content (AvgIpc) is 2.89. The summed E-state index contributed by atoms with van der Waals surface area (Å²) >= 11 is 11.4. The Morgan fingerprint density at radius 3 is 2.69 bits per heavy atom. The van der Waals surface area contributed by atoms with Crippen molar-refractivity contribution in [2.75, 3.05) is 12.4 Å². The Balaban J connectivity index is 1.78. The predicted octanol–water partition coefficient (Wildman–Crippen LogP) is 4.40. The van der Waals surface area contributed by atoms with Gasteiger partial charge in [-0.3, -0.25) is 0 Å². The van der Waals surface area contributed by atoms with E-state index in [9.17, 15) is 0 Å². The molecule has 1 fully saturated rings. The third-order valence-corrected chi connectivity index (χ3v) is 5.57. The molecule has 1 heterocycles. The SMILES string of the molecule is ClCC1(CNCc2ccc(Br)s2)CCCC1. The maximum atomic E-state index is 6.11. The average molecular weight is 323 g/mol. The maximum absolute atomic E-state index is 6.11. The first-order valence-electron chi connectivity index (χ1n) is 5.75. The molecule has 1 saturated carbocycles. The minimum atomic E-state index is 0.371. The van der Waals surface area contributed by atoms with Crippen LogP contribution >= 0.6 is 38.9 Å². The molecule has 16 heavy (non-hydrogen) atoms. The summed E-state index contributed by atoms with van der Waals surface area (Å²) in [6.45, 7) is 2.03. The minimum Gasteiger partial charge on any atom is -0.311 e. The highest BCUT2D eigenvalue weighted by molar-refractivity contribution is 9.11. The molecule has 90 valence electrons. The molecule has 1 aromatic heterocycles. The van der Waals surface area contributed by atoms with Crippen molar-refractivity contribution >= 4 is 38.9 Å². The fraction of sp³-hybridized carbons (Fsp3) is 0.667. The highest BCUT2D eigenvalue weighted by Crippen LogP contribution is 2.38. The van der Waals surface area contributed by atoms with Crippen LogP contribution in [0, 0.1) is 5.41 Å². The summed E-state index contributed by atoms with van der Waals surface area (Å²) in [5.74, 6) is 0.800. The van der Waals surface area contributed by atoms with E-state index < -0.39 is 0 Å². The lowest BCUT2D eigenvalue weighted by atomic mass is 9.88. The highest BCUT2D eigenvalue weighted by Gasteiger charge is 2.32. The molecule has 0 aliphatic heterocycles. The first kappa shape index (κ1) is 12.9. The fourth-order valence-corrected chi connectivity index (χ4v) is 4.19.